The first-order valence-corrected chi connectivity index (χ1v) is 6.05. The van der Waals surface area contributed by atoms with E-state index in [1.165, 1.54) is 5.56 Å². The first-order valence-electron chi connectivity index (χ1n) is 6.05. The molecule has 0 spiro atoms. The molecule has 16 heavy (non-hydrogen) atoms. The highest BCUT2D eigenvalue weighted by Crippen LogP contribution is 2.01. The summed E-state index contributed by atoms with van der Waals surface area (Å²) >= 11 is 0. The first kappa shape index (κ1) is 13.2. The second kappa shape index (κ2) is 7.41. The van der Waals surface area contributed by atoms with Crippen LogP contribution in [0.2, 0.25) is 0 Å². The molecule has 1 aromatic rings. The maximum Gasteiger partial charge on any atom is 0.0534 e. The molecule has 4 nitrogen and oxygen atoms in total. The third-order valence-corrected chi connectivity index (χ3v) is 2.33. The van der Waals surface area contributed by atoms with Crippen LogP contribution in [0.3, 0.4) is 0 Å². The molecule has 4 heteroatoms. The minimum absolute atomic E-state index is 0.286. The lowest BCUT2D eigenvalue weighted by Crippen LogP contribution is -2.14. The lowest BCUT2D eigenvalue weighted by atomic mass is 10.2. The normalized spacial score (nSPS) is 11.2. The SMILES string of the molecule is CC(C)Cn1cc(CNCCCCO)cn1. The van der Waals surface area contributed by atoms with Gasteiger partial charge in [0.15, 0.2) is 0 Å². The van der Waals surface area contributed by atoms with Crippen LogP contribution >= 0.6 is 0 Å². The van der Waals surface area contributed by atoms with Crippen molar-refractivity contribution >= 4 is 0 Å². The molecular weight excluding hydrogens is 202 g/mol. The number of hydrogen-bond donors (Lipinski definition) is 2. The third-order valence-electron chi connectivity index (χ3n) is 2.33. The Morgan fingerprint density at radius 2 is 2.25 bits per heavy atom. The Balaban J connectivity index is 2.19. The smallest absolute Gasteiger partial charge is 0.0534 e. The number of hydrogen-bond acceptors (Lipinski definition) is 3. The predicted octanol–water partition coefficient (Wildman–Crippen LogP) is 1.40. The second-order valence-corrected chi connectivity index (χ2v) is 4.57. The van der Waals surface area contributed by atoms with Gasteiger partial charge in [-0.05, 0) is 25.3 Å². The predicted molar refractivity (Wildman–Crippen MR) is 65.1 cm³/mol. The summed E-state index contributed by atoms with van der Waals surface area (Å²) in [5.41, 5.74) is 1.23. The maximum absolute atomic E-state index is 8.63. The third kappa shape index (κ3) is 5.28. The minimum Gasteiger partial charge on any atom is -0.396 e. The number of aliphatic hydroxyl groups excluding tert-OH is 1. The van der Waals surface area contributed by atoms with Gasteiger partial charge in [-0.15, -0.1) is 0 Å². The number of unbranched alkanes of at least 4 members (excludes halogenated alkanes) is 1. The molecule has 92 valence electrons. The van der Waals surface area contributed by atoms with Crippen molar-refractivity contribution in [2.75, 3.05) is 13.2 Å². The van der Waals surface area contributed by atoms with Crippen LogP contribution in [0.15, 0.2) is 12.4 Å². The van der Waals surface area contributed by atoms with E-state index in [0.29, 0.717) is 5.92 Å². The van der Waals surface area contributed by atoms with E-state index >= 15 is 0 Å². The van der Waals surface area contributed by atoms with Crippen LogP contribution in [0.5, 0.6) is 0 Å². The second-order valence-electron chi connectivity index (χ2n) is 4.57. The maximum atomic E-state index is 8.63. The summed E-state index contributed by atoms with van der Waals surface area (Å²) in [4.78, 5) is 0. The van der Waals surface area contributed by atoms with Crippen LogP contribution < -0.4 is 5.32 Å². The zero-order chi connectivity index (χ0) is 11.8. The van der Waals surface area contributed by atoms with Crippen LogP contribution in [0.4, 0.5) is 0 Å². The Morgan fingerprint density at radius 1 is 1.44 bits per heavy atom. The molecule has 0 aliphatic heterocycles. The van der Waals surface area contributed by atoms with Crippen molar-refractivity contribution in [3.05, 3.63) is 18.0 Å². The fourth-order valence-electron chi connectivity index (χ4n) is 1.57. The molecule has 1 aromatic heterocycles. The Morgan fingerprint density at radius 3 is 2.94 bits per heavy atom. The summed E-state index contributed by atoms with van der Waals surface area (Å²) in [7, 11) is 0. The van der Waals surface area contributed by atoms with Crippen molar-refractivity contribution in [2.24, 2.45) is 5.92 Å². The zero-order valence-electron chi connectivity index (χ0n) is 10.3. The first-order chi connectivity index (χ1) is 7.72. The van der Waals surface area contributed by atoms with Crippen LogP contribution in [0.1, 0.15) is 32.3 Å². The van der Waals surface area contributed by atoms with E-state index in [1.54, 1.807) is 0 Å². The lowest BCUT2D eigenvalue weighted by Gasteiger charge is -2.04. The van der Waals surface area contributed by atoms with Crippen molar-refractivity contribution in [1.29, 1.82) is 0 Å². The number of nitrogens with one attached hydrogen (secondary N) is 1. The average molecular weight is 225 g/mol. The highest BCUT2D eigenvalue weighted by molar-refractivity contribution is 5.03. The molecule has 0 aromatic carbocycles. The van der Waals surface area contributed by atoms with Gasteiger partial charge in [0.05, 0.1) is 6.20 Å². The van der Waals surface area contributed by atoms with Crippen molar-refractivity contribution in [3.8, 4) is 0 Å². The summed E-state index contributed by atoms with van der Waals surface area (Å²) in [6.45, 7) is 7.46. The Bertz CT molecular complexity index is 284. The summed E-state index contributed by atoms with van der Waals surface area (Å²) in [5, 5.41) is 16.3. The number of aromatic nitrogens is 2. The summed E-state index contributed by atoms with van der Waals surface area (Å²) in [5.74, 6) is 0.630. The molecule has 0 saturated carbocycles. The number of rotatable bonds is 8. The van der Waals surface area contributed by atoms with Crippen LogP contribution in [0, 0.1) is 5.92 Å². The van der Waals surface area contributed by atoms with Gasteiger partial charge in [-0.2, -0.15) is 5.10 Å². The molecule has 2 N–H and O–H groups in total. The van der Waals surface area contributed by atoms with Gasteiger partial charge < -0.3 is 10.4 Å². The van der Waals surface area contributed by atoms with Gasteiger partial charge in [0.1, 0.15) is 0 Å². The monoisotopic (exact) mass is 225 g/mol. The fraction of sp³-hybridized carbons (Fsp3) is 0.750. The van der Waals surface area contributed by atoms with Crippen molar-refractivity contribution < 1.29 is 5.11 Å². The standard InChI is InChI=1S/C12H23N3O/c1-11(2)9-15-10-12(8-14-15)7-13-5-3-4-6-16/h8,10-11,13,16H,3-7,9H2,1-2H3. The molecule has 0 aliphatic rings. The molecule has 0 atom stereocenters. The van der Waals surface area contributed by atoms with Gasteiger partial charge in [-0.25, -0.2) is 0 Å². The Labute approximate surface area is 97.7 Å². The van der Waals surface area contributed by atoms with Crippen LogP contribution in [0.25, 0.3) is 0 Å². The molecular formula is C12H23N3O. The Hall–Kier alpha value is -0.870. The molecule has 0 unspecified atom stereocenters. The molecule has 1 rings (SSSR count). The average Bonchev–Trinajstić information content (AvgIpc) is 2.64. The molecule has 0 saturated heterocycles. The summed E-state index contributed by atoms with van der Waals surface area (Å²) in [6, 6.07) is 0. The van der Waals surface area contributed by atoms with Gasteiger partial charge in [0, 0.05) is 31.5 Å². The summed E-state index contributed by atoms with van der Waals surface area (Å²) in [6.07, 6.45) is 5.91. The van der Waals surface area contributed by atoms with E-state index in [-0.39, 0.29) is 6.61 Å². The van der Waals surface area contributed by atoms with Crippen molar-refractivity contribution in [2.45, 2.75) is 39.8 Å². The molecule has 0 fully saturated rings. The lowest BCUT2D eigenvalue weighted by molar-refractivity contribution is 0.283. The topological polar surface area (TPSA) is 50.1 Å². The molecule has 0 aliphatic carbocycles. The molecule has 0 bridgehead atoms. The minimum atomic E-state index is 0.286. The van der Waals surface area contributed by atoms with E-state index in [9.17, 15) is 0 Å². The molecule has 0 amide bonds. The zero-order valence-corrected chi connectivity index (χ0v) is 10.3. The van der Waals surface area contributed by atoms with Crippen LogP contribution in [-0.4, -0.2) is 28.0 Å². The largest absolute Gasteiger partial charge is 0.396 e. The quantitative estimate of drug-likeness (QED) is 0.658. The van der Waals surface area contributed by atoms with Gasteiger partial charge >= 0.3 is 0 Å². The summed E-state index contributed by atoms with van der Waals surface area (Å²) < 4.78 is 2.00. The molecule has 1 heterocycles. The number of aliphatic hydroxyl groups is 1. The van der Waals surface area contributed by atoms with Crippen molar-refractivity contribution in [1.82, 2.24) is 15.1 Å². The molecule has 0 radical (unpaired) electrons. The van der Waals surface area contributed by atoms with E-state index in [1.807, 2.05) is 10.9 Å². The van der Waals surface area contributed by atoms with Gasteiger partial charge in [-0.1, -0.05) is 13.8 Å². The van der Waals surface area contributed by atoms with Gasteiger partial charge in [0.25, 0.3) is 0 Å². The van der Waals surface area contributed by atoms with Crippen LogP contribution in [-0.2, 0) is 13.1 Å². The highest BCUT2D eigenvalue weighted by atomic mass is 16.2. The number of nitrogens with zero attached hydrogens (tertiary/aromatic N) is 2. The van der Waals surface area contributed by atoms with Gasteiger partial charge in [0.2, 0.25) is 0 Å². The highest BCUT2D eigenvalue weighted by Gasteiger charge is 2.00. The van der Waals surface area contributed by atoms with Gasteiger partial charge in [-0.3, -0.25) is 4.68 Å². The van der Waals surface area contributed by atoms with E-state index in [0.717, 1.165) is 32.5 Å². The van der Waals surface area contributed by atoms with E-state index in [2.05, 4.69) is 30.5 Å². The van der Waals surface area contributed by atoms with E-state index in [4.69, 9.17) is 5.11 Å². The Kier molecular flexibility index (Phi) is 6.11. The van der Waals surface area contributed by atoms with E-state index < -0.39 is 0 Å². The fourth-order valence-corrected chi connectivity index (χ4v) is 1.57. The van der Waals surface area contributed by atoms with Crippen molar-refractivity contribution in [3.63, 3.8) is 0 Å².